The van der Waals surface area contributed by atoms with E-state index in [9.17, 15) is 0 Å². The first kappa shape index (κ1) is 16.2. The Morgan fingerprint density at radius 1 is 0.586 bits per heavy atom. The summed E-state index contributed by atoms with van der Waals surface area (Å²) in [6.07, 6.45) is 3.57. The van der Waals surface area contributed by atoms with Gasteiger partial charge in [-0.1, -0.05) is 91.0 Å². The van der Waals surface area contributed by atoms with E-state index < -0.39 is 0 Å². The van der Waals surface area contributed by atoms with Crippen molar-refractivity contribution >= 4 is 10.9 Å². The quantitative estimate of drug-likeness (QED) is 0.374. The van der Waals surface area contributed by atoms with E-state index in [0.717, 1.165) is 10.9 Å². The molecule has 0 unspecified atom stereocenters. The molecule has 1 heterocycles. The van der Waals surface area contributed by atoms with Crippen molar-refractivity contribution in [2.45, 2.75) is 5.41 Å². The normalized spacial score (nSPS) is 13.8. The van der Waals surface area contributed by atoms with Gasteiger partial charge in [-0.05, 0) is 39.4 Å². The Morgan fingerprint density at radius 2 is 1.24 bits per heavy atom. The zero-order valence-electron chi connectivity index (χ0n) is 15.8. The van der Waals surface area contributed by atoms with Gasteiger partial charge in [-0.2, -0.15) is 0 Å². The van der Waals surface area contributed by atoms with E-state index >= 15 is 0 Å². The van der Waals surface area contributed by atoms with Crippen molar-refractivity contribution in [1.29, 1.82) is 0 Å². The van der Waals surface area contributed by atoms with Crippen LogP contribution in [0.5, 0.6) is 0 Å². The number of hydrogen-bond acceptors (Lipinski definition) is 2. The Kier molecular flexibility index (Phi) is 3.41. The molecule has 0 N–H and O–H groups in total. The van der Waals surface area contributed by atoms with Crippen LogP contribution in [0.25, 0.3) is 22.0 Å². The molecule has 0 amide bonds. The van der Waals surface area contributed by atoms with Crippen LogP contribution in [0.2, 0.25) is 0 Å². The van der Waals surface area contributed by atoms with Gasteiger partial charge < -0.3 is 0 Å². The van der Waals surface area contributed by atoms with Crippen molar-refractivity contribution in [1.82, 2.24) is 9.97 Å². The van der Waals surface area contributed by atoms with Gasteiger partial charge in [0.1, 0.15) is 6.33 Å². The molecule has 0 atom stereocenters. The maximum Gasteiger partial charge on any atom is 0.116 e. The molecule has 0 saturated heterocycles. The van der Waals surface area contributed by atoms with Crippen molar-refractivity contribution in [3.63, 3.8) is 0 Å². The highest BCUT2D eigenvalue weighted by atomic mass is 14.8. The number of aromatic nitrogens is 2. The SMILES string of the molecule is c1ccc(C2(c3ccccc3)c3ccccc3-c3c2ccc2ncncc32)cc1. The second-order valence-electron chi connectivity index (χ2n) is 7.47. The Labute approximate surface area is 169 Å². The summed E-state index contributed by atoms with van der Waals surface area (Å²) in [5.41, 5.74) is 8.26. The summed E-state index contributed by atoms with van der Waals surface area (Å²) < 4.78 is 0. The van der Waals surface area contributed by atoms with Crippen molar-refractivity contribution < 1.29 is 0 Å². The Morgan fingerprint density at radius 3 is 1.97 bits per heavy atom. The van der Waals surface area contributed by atoms with Crippen molar-refractivity contribution in [2.24, 2.45) is 0 Å². The van der Waals surface area contributed by atoms with Crippen molar-refractivity contribution in [2.75, 3.05) is 0 Å². The first-order valence-corrected chi connectivity index (χ1v) is 9.85. The van der Waals surface area contributed by atoms with Crippen LogP contribution in [0, 0.1) is 0 Å². The van der Waals surface area contributed by atoms with Crippen LogP contribution in [-0.2, 0) is 5.41 Å². The standard InChI is InChI=1S/C27H18N2/c1-3-9-19(10-4-1)27(20-11-5-2-6-12-20)23-14-8-7-13-21(23)26-22-17-28-18-29-25(22)16-15-24(26)27/h1-18H. The van der Waals surface area contributed by atoms with Crippen molar-refractivity contribution in [3.05, 3.63) is 132 Å². The second kappa shape index (κ2) is 6.11. The topological polar surface area (TPSA) is 25.8 Å². The number of hydrogen-bond donors (Lipinski definition) is 0. The average molecular weight is 370 g/mol. The number of rotatable bonds is 2. The molecule has 0 spiro atoms. The van der Waals surface area contributed by atoms with E-state index in [-0.39, 0.29) is 5.41 Å². The van der Waals surface area contributed by atoms with E-state index in [1.54, 1.807) is 6.33 Å². The van der Waals surface area contributed by atoms with Gasteiger partial charge in [0.2, 0.25) is 0 Å². The highest BCUT2D eigenvalue weighted by molar-refractivity contribution is 6.02. The monoisotopic (exact) mass is 370 g/mol. The maximum absolute atomic E-state index is 4.51. The predicted molar refractivity (Wildman–Crippen MR) is 117 cm³/mol. The highest BCUT2D eigenvalue weighted by Crippen LogP contribution is 2.57. The van der Waals surface area contributed by atoms with Crippen LogP contribution in [0.15, 0.2) is 110 Å². The second-order valence-corrected chi connectivity index (χ2v) is 7.47. The summed E-state index contributed by atoms with van der Waals surface area (Å²) in [7, 11) is 0. The zero-order valence-corrected chi connectivity index (χ0v) is 15.8. The number of benzene rings is 4. The van der Waals surface area contributed by atoms with Gasteiger partial charge in [0.15, 0.2) is 0 Å². The van der Waals surface area contributed by atoms with E-state index in [0.29, 0.717) is 0 Å². The van der Waals surface area contributed by atoms with Crippen molar-refractivity contribution in [3.8, 4) is 11.1 Å². The minimum absolute atomic E-state index is 0.363. The molecule has 1 aliphatic rings. The molecule has 4 aromatic carbocycles. The lowest BCUT2D eigenvalue weighted by Gasteiger charge is -2.33. The number of nitrogens with zero attached hydrogens (tertiary/aromatic N) is 2. The largest absolute Gasteiger partial charge is 0.244 e. The minimum atomic E-state index is -0.363. The maximum atomic E-state index is 4.51. The third kappa shape index (κ3) is 2.11. The lowest BCUT2D eigenvalue weighted by Crippen LogP contribution is -2.28. The summed E-state index contributed by atoms with van der Waals surface area (Å²) in [5, 5.41) is 1.10. The van der Waals surface area contributed by atoms with Gasteiger partial charge in [-0.15, -0.1) is 0 Å². The van der Waals surface area contributed by atoms with E-state index in [2.05, 4.69) is 107 Å². The van der Waals surface area contributed by atoms with Gasteiger partial charge in [-0.3, -0.25) is 0 Å². The molecule has 2 heteroatoms. The summed E-state index contributed by atoms with van der Waals surface area (Å²) in [4.78, 5) is 8.86. The van der Waals surface area contributed by atoms with Crippen LogP contribution >= 0.6 is 0 Å². The highest BCUT2D eigenvalue weighted by Gasteiger charge is 2.46. The van der Waals surface area contributed by atoms with Crippen LogP contribution in [0.4, 0.5) is 0 Å². The fraction of sp³-hybridized carbons (Fsp3) is 0.0370. The molecule has 1 aliphatic carbocycles. The van der Waals surface area contributed by atoms with Crippen LogP contribution in [0.3, 0.4) is 0 Å². The molecule has 0 fully saturated rings. The predicted octanol–water partition coefficient (Wildman–Crippen LogP) is 5.99. The van der Waals surface area contributed by atoms with Gasteiger partial charge in [0.25, 0.3) is 0 Å². The zero-order chi connectivity index (χ0) is 19.3. The van der Waals surface area contributed by atoms with Gasteiger partial charge in [0, 0.05) is 11.6 Å². The molecule has 0 saturated carbocycles. The molecule has 136 valence electrons. The lowest BCUT2D eigenvalue weighted by molar-refractivity contribution is 0.769. The smallest absolute Gasteiger partial charge is 0.116 e. The van der Waals surface area contributed by atoms with E-state index in [4.69, 9.17) is 0 Å². The third-order valence-corrected chi connectivity index (χ3v) is 6.11. The molecular formula is C27H18N2. The van der Waals surface area contributed by atoms with E-state index in [1.807, 2.05) is 6.20 Å². The molecule has 2 nitrogen and oxygen atoms in total. The lowest BCUT2D eigenvalue weighted by atomic mass is 9.67. The van der Waals surface area contributed by atoms with Gasteiger partial charge in [-0.25, -0.2) is 9.97 Å². The molecule has 0 aliphatic heterocycles. The first-order chi connectivity index (χ1) is 14.4. The molecular weight excluding hydrogens is 352 g/mol. The molecule has 6 rings (SSSR count). The van der Waals surface area contributed by atoms with Crippen LogP contribution < -0.4 is 0 Å². The minimum Gasteiger partial charge on any atom is -0.244 e. The average Bonchev–Trinajstić information content (AvgIpc) is 3.12. The summed E-state index contributed by atoms with van der Waals surface area (Å²) in [6, 6.07) is 34.8. The Balaban J connectivity index is 1.85. The van der Waals surface area contributed by atoms with E-state index in [1.165, 1.54) is 33.4 Å². The third-order valence-electron chi connectivity index (χ3n) is 6.11. The van der Waals surface area contributed by atoms with Gasteiger partial charge >= 0.3 is 0 Å². The Bertz CT molecular complexity index is 1300. The number of fused-ring (bicyclic) bond motifs is 5. The fourth-order valence-electron chi connectivity index (χ4n) is 5.00. The summed E-state index contributed by atoms with van der Waals surface area (Å²) in [5.74, 6) is 0. The fourth-order valence-corrected chi connectivity index (χ4v) is 5.00. The van der Waals surface area contributed by atoms with Gasteiger partial charge in [0.05, 0.1) is 10.9 Å². The molecule has 5 aromatic rings. The Hall–Kier alpha value is -3.78. The molecule has 0 bridgehead atoms. The summed E-state index contributed by atoms with van der Waals surface area (Å²) in [6.45, 7) is 0. The molecule has 1 aromatic heterocycles. The summed E-state index contributed by atoms with van der Waals surface area (Å²) >= 11 is 0. The van der Waals surface area contributed by atoms with Crippen LogP contribution in [0.1, 0.15) is 22.3 Å². The first-order valence-electron chi connectivity index (χ1n) is 9.85. The van der Waals surface area contributed by atoms with Crippen LogP contribution in [-0.4, -0.2) is 9.97 Å². The molecule has 29 heavy (non-hydrogen) atoms. The molecule has 0 radical (unpaired) electrons.